The fraction of sp³-hybridized carbons (Fsp3) is 0.0526. The first-order valence-corrected chi connectivity index (χ1v) is 7.35. The summed E-state index contributed by atoms with van der Waals surface area (Å²) < 4.78 is 1.92. The van der Waals surface area contributed by atoms with Crippen molar-refractivity contribution in [1.29, 1.82) is 0 Å². The molecule has 0 atom stereocenters. The average molecular weight is 286 g/mol. The molecule has 0 unspecified atom stereocenters. The predicted molar refractivity (Wildman–Crippen MR) is 91.3 cm³/mol. The predicted octanol–water partition coefficient (Wildman–Crippen LogP) is 4.49. The van der Waals surface area contributed by atoms with Gasteiger partial charge in [-0.1, -0.05) is 48.5 Å². The lowest BCUT2D eigenvalue weighted by Crippen LogP contribution is -2.04. The van der Waals surface area contributed by atoms with Crippen LogP contribution >= 0.6 is 0 Å². The highest BCUT2D eigenvalue weighted by atomic mass is 16.6. The van der Waals surface area contributed by atoms with Gasteiger partial charge in [-0.3, -0.25) is 0 Å². The first kappa shape index (κ1) is 11.7. The van der Waals surface area contributed by atoms with Gasteiger partial charge in [-0.05, 0) is 12.1 Å². The van der Waals surface area contributed by atoms with Gasteiger partial charge in [0.2, 0.25) is 0 Å². The van der Waals surface area contributed by atoms with Crippen LogP contribution in [0, 0.1) is 0 Å². The van der Waals surface area contributed by atoms with Gasteiger partial charge >= 0.3 is 0 Å². The van der Waals surface area contributed by atoms with E-state index in [4.69, 9.17) is 4.84 Å². The maximum absolute atomic E-state index is 5.68. The lowest BCUT2D eigenvalue weighted by molar-refractivity contribution is 0.191. The third-order valence-electron chi connectivity index (χ3n) is 4.45. The number of hydrogen-bond acceptors (Lipinski definition) is 1. The highest BCUT2D eigenvalue weighted by Gasteiger charge is 2.15. The zero-order valence-electron chi connectivity index (χ0n) is 12.1. The largest absolute Gasteiger partial charge is 0.416 e. The van der Waals surface area contributed by atoms with E-state index in [9.17, 15) is 0 Å². The molecule has 3 nitrogen and oxygen atoms in total. The van der Waals surface area contributed by atoms with Gasteiger partial charge in [0.05, 0.1) is 11.0 Å². The molecule has 0 fully saturated rings. The normalized spacial score (nSPS) is 11.9. The van der Waals surface area contributed by atoms with Crippen molar-refractivity contribution >= 4 is 43.6 Å². The minimum atomic E-state index is 1.09. The number of aromatic amines is 1. The second-order valence-electron chi connectivity index (χ2n) is 5.55. The number of rotatable bonds is 1. The number of nitrogens with one attached hydrogen (secondary N) is 1. The Labute approximate surface area is 126 Å². The zero-order valence-corrected chi connectivity index (χ0v) is 12.1. The van der Waals surface area contributed by atoms with E-state index in [0.29, 0.717) is 0 Å². The van der Waals surface area contributed by atoms with Crippen molar-refractivity contribution in [3.63, 3.8) is 0 Å². The maximum Gasteiger partial charge on any atom is 0.112 e. The smallest absolute Gasteiger partial charge is 0.112 e. The fourth-order valence-electron chi connectivity index (χ4n) is 3.52. The third-order valence-corrected chi connectivity index (χ3v) is 4.45. The van der Waals surface area contributed by atoms with Gasteiger partial charge in [-0.2, -0.15) is 4.73 Å². The highest BCUT2D eigenvalue weighted by Crippen LogP contribution is 2.35. The van der Waals surface area contributed by atoms with Gasteiger partial charge in [0.15, 0.2) is 0 Å². The standard InChI is InChI=1S/C19H14N2O/c1-22-21-17-9-5-3-7-13(17)15-11-10-14-12-6-2-4-8-16(12)20-18(14)19(15)21/h2-11,20H,1H3. The first-order chi connectivity index (χ1) is 10.9. The third kappa shape index (κ3) is 1.31. The molecular weight excluding hydrogens is 272 g/mol. The molecule has 0 radical (unpaired) electrons. The molecule has 5 aromatic rings. The van der Waals surface area contributed by atoms with Crippen molar-refractivity contribution < 1.29 is 4.84 Å². The van der Waals surface area contributed by atoms with Crippen LogP contribution in [0.25, 0.3) is 43.6 Å². The molecule has 0 saturated heterocycles. The first-order valence-electron chi connectivity index (χ1n) is 7.35. The Bertz CT molecular complexity index is 1160. The SMILES string of the molecule is COn1c2ccccc2c2ccc3c4ccccc4[nH]c3c21. The summed E-state index contributed by atoms with van der Waals surface area (Å²) in [7, 11) is 1.72. The number of hydrogen-bond donors (Lipinski definition) is 1. The number of fused-ring (bicyclic) bond motifs is 7. The van der Waals surface area contributed by atoms with Crippen molar-refractivity contribution in [2.24, 2.45) is 0 Å². The molecule has 0 spiro atoms. The highest BCUT2D eigenvalue weighted by molar-refractivity contribution is 6.21. The minimum Gasteiger partial charge on any atom is -0.416 e. The van der Waals surface area contributed by atoms with Crippen molar-refractivity contribution in [2.75, 3.05) is 7.11 Å². The van der Waals surface area contributed by atoms with Gasteiger partial charge in [0.1, 0.15) is 12.6 Å². The maximum atomic E-state index is 5.68. The molecule has 0 aliphatic rings. The van der Waals surface area contributed by atoms with Gasteiger partial charge < -0.3 is 9.82 Å². The number of aromatic nitrogens is 2. The summed E-state index contributed by atoms with van der Waals surface area (Å²) >= 11 is 0. The molecule has 3 heteroatoms. The van der Waals surface area contributed by atoms with E-state index in [1.807, 2.05) is 10.8 Å². The van der Waals surface area contributed by atoms with Crippen LogP contribution in [0.3, 0.4) is 0 Å². The Balaban J connectivity index is 2.12. The summed E-state index contributed by atoms with van der Waals surface area (Å²) in [6, 6.07) is 21.1. The zero-order chi connectivity index (χ0) is 14.7. The lowest BCUT2D eigenvalue weighted by atomic mass is 10.1. The van der Waals surface area contributed by atoms with Crippen LogP contribution in [0.5, 0.6) is 0 Å². The summed E-state index contributed by atoms with van der Waals surface area (Å²) in [5.41, 5.74) is 4.46. The van der Waals surface area contributed by atoms with Gasteiger partial charge in [0, 0.05) is 27.1 Å². The van der Waals surface area contributed by atoms with Gasteiger partial charge in [-0.15, -0.1) is 0 Å². The molecule has 1 N–H and O–H groups in total. The van der Waals surface area contributed by atoms with Crippen LogP contribution < -0.4 is 4.84 Å². The monoisotopic (exact) mass is 286 g/mol. The Morgan fingerprint density at radius 2 is 1.50 bits per heavy atom. The van der Waals surface area contributed by atoms with E-state index >= 15 is 0 Å². The Kier molecular flexibility index (Phi) is 2.15. The molecule has 3 aromatic carbocycles. The van der Waals surface area contributed by atoms with Crippen LogP contribution in [0.1, 0.15) is 0 Å². The van der Waals surface area contributed by atoms with Crippen LogP contribution in [0.15, 0.2) is 60.7 Å². The number of para-hydroxylation sites is 2. The fourth-order valence-corrected chi connectivity index (χ4v) is 3.52. The molecule has 0 aliphatic heterocycles. The quantitative estimate of drug-likeness (QED) is 0.483. The number of nitrogens with zero attached hydrogens (tertiary/aromatic N) is 1. The van der Waals surface area contributed by atoms with Crippen molar-refractivity contribution in [3.8, 4) is 0 Å². The van der Waals surface area contributed by atoms with E-state index in [1.165, 1.54) is 21.5 Å². The molecule has 22 heavy (non-hydrogen) atoms. The van der Waals surface area contributed by atoms with Crippen LogP contribution in [-0.4, -0.2) is 16.8 Å². The summed E-state index contributed by atoms with van der Waals surface area (Å²) in [6.07, 6.45) is 0. The Morgan fingerprint density at radius 1 is 0.773 bits per heavy atom. The average Bonchev–Trinajstić information content (AvgIpc) is 3.10. The number of benzene rings is 3. The summed E-state index contributed by atoms with van der Waals surface area (Å²) in [5.74, 6) is 0. The van der Waals surface area contributed by atoms with Gasteiger partial charge in [0.25, 0.3) is 0 Å². The van der Waals surface area contributed by atoms with Crippen LogP contribution in [0.2, 0.25) is 0 Å². The molecule has 0 bridgehead atoms. The molecule has 2 heterocycles. The van der Waals surface area contributed by atoms with E-state index in [-0.39, 0.29) is 0 Å². The second kappa shape index (κ2) is 4.04. The molecule has 0 amide bonds. The summed E-state index contributed by atoms with van der Waals surface area (Å²) in [6.45, 7) is 0. The summed E-state index contributed by atoms with van der Waals surface area (Å²) in [4.78, 5) is 9.24. The molecule has 5 rings (SSSR count). The Morgan fingerprint density at radius 3 is 2.36 bits per heavy atom. The molecule has 2 aromatic heterocycles. The molecular formula is C19H14N2O. The summed E-state index contributed by atoms with van der Waals surface area (Å²) in [5, 5.41) is 4.88. The lowest BCUT2D eigenvalue weighted by Gasteiger charge is -2.04. The number of H-pyrrole nitrogens is 1. The Hall–Kier alpha value is -2.94. The van der Waals surface area contributed by atoms with E-state index in [0.717, 1.165) is 22.1 Å². The van der Waals surface area contributed by atoms with E-state index in [2.05, 4.69) is 59.6 Å². The van der Waals surface area contributed by atoms with E-state index < -0.39 is 0 Å². The van der Waals surface area contributed by atoms with E-state index in [1.54, 1.807) is 7.11 Å². The van der Waals surface area contributed by atoms with Crippen molar-refractivity contribution in [1.82, 2.24) is 9.71 Å². The molecule has 0 saturated carbocycles. The van der Waals surface area contributed by atoms with Crippen LogP contribution in [0.4, 0.5) is 0 Å². The molecule has 0 aliphatic carbocycles. The molecule has 106 valence electrons. The second-order valence-corrected chi connectivity index (χ2v) is 5.55. The van der Waals surface area contributed by atoms with Gasteiger partial charge in [-0.25, -0.2) is 0 Å². The van der Waals surface area contributed by atoms with Crippen molar-refractivity contribution in [2.45, 2.75) is 0 Å². The van der Waals surface area contributed by atoms with Crippen molar-refractivity contribution in [3.05, 3.63) is 60.7 Å². The van der Waals surface area contributed by atoms with Crippen LogP contribution in [-0.2, 0) is 0 Å². The minimum absolute atomic E-state index is 1.09. The topological polar surface area (TPSA) is 29.9 Å².